The third kappa shape index (κ3) is 8.99. The van der Waals surface area contributed by atoms with Gasteiger partial charge in [0.2, 0.25) is 5.91 Å². The standard InChI is InChI=1S/C39H39ClN4O4S/c1-47-39(46)44-37(36(27-10-3-2-4-11-27)33-21-22-42-35-14-8-6-12-32(33)35)38(45)43-34-13-7-5-9-26(34)15-18-29-23-41-24-30(48-29)25-49-31-19-16-28(40)17-20-31/h2-14,16-17,19-22,29-30,36-37,41H,15,18,23-25H2,1H3,(H,43,45)(H,44,46)/t29-,30+,36?,37+/m1/s1. The average Bonchev–Trinajstić information content (AvgIpc) is 3.14. The summed E-state index contributed by atoms with van der Waals surface area (Å²) in [7, 11) is 1.29. The molecule has 1 aliphatic heterocycles. The number of thioether (sulfide) groups is 1. The highest BCUT2D eigenvalue weighted by Crippen LogP contribution is 2.34. The van der Waals surface area contributed by atoms with Gasteiger partial charge in [0.15, 0.2) is 0 Å². The molecule has 0 aliphatic carbocycles. The second kappa shape index (κ2) is 16.8. The van der Waals surface area contributed by atoms with Crippen LogP contribution in [0.1, 0.15) is 29.0 Å². The Balaban J connectivity index is 1.20. The van der Waals surface area contributed by atoms with Crippen LogP contribution in [0.4, 0.5) is 10.5 Å². The fourth-order valence-corrected chi connectivity index (χ4v) is 7.27. The largest absolute Gasteiger partial charge is 0.453 e. The molecule has 49 heavy (non-hydrogen) atoms. The lowest BCUT2D eigenvalue weighted by molar-refractivity contribution is -0.118. The van der Waals surface area contributed by atoms with E-state index in [9.17, 15) is 9.59 Å². The first-order chi connectivity index (χ1) is 24.0. The number of pyridine rings is 1. The minimum atomic E-state index is -1.00. The minimum absolute atomic E-state index is 0.0319. The second-order valence-corrected chi connectivity index (χ2v) is 13.4. The van der Waals surface area contributed by atoms with Crippen LogP contribution < -0.4 is 16.0 Å². The summed E-state index contributed by atoms with van der Waals surface area (Å²) >= 11 is 7.79. The van der Waals surface area contributed by atoms with E-state index < -0.39 is 18.1 Å². The van der Waals surface area contributed by atoms with Crippen LogP contribution in [0, 0.1) is 0 Å². The molecule has 2 amide bonds. The lowest BCUT2D eigenvalue weighted by Crippen LogP contribution is -2.48. The van der Waals surface area contributed by atoms with E-state index in [4.69, 9.17) is 21.1 Å². The molecule has 8 nitrogen and oxygen atoms in total. The lowest BCUT2D eigenvalue weighted by Gasteiger charge is -2.31. The molecule has 2 heterocycles. The zero-order valence-electron chi connectivity index (χ0n) is 27.2. The van der Waals surface area contributed by atoms with E-state index in [0.717, 1.165) is 62.8 Å². The summed E-state index contributed by atoms with van der Waals surface area (Å²) in [6, 6.07) is 34.1. The number of carbonyl (C=O) groups excluding carboxylic acids is 2. The first-order valence-electron chi connectivity index (χ1n) is 16.3. The van der Waals surface area contributed by atoms with Gasteiger partial charge in [-0.05, 0) is 72.0 Å². The van der Waals surface area contributed by atoms with Crippen LogP contribution in [0.25, 0.3) is 10.9 Å². The van der Waals surface area contributed by atoms with Gasteiger partial charge in [-0.25, -0.2) is 4.79 Å². The molecule has 252 valence electrons. The number of benzene rings is 4. The Morgan fingerprint density at radius 2 is 1.67 bits per heavy atom. The van der Waals surface area contributed by atoms with Crippen molar-refractivity contribution >= 4 is 52.0 Å². The highest BCUT2D eigenvalue weighted by atomic mass is 35.5. The highest BCUT2D eigenvalue weighted by Gasteiger charge is 2.34. The molecule has 10 heteroatoms. The molecule has 1 unspecified atom stereocenters. The van der Waals surface area contributed by atoms with Gasteiger partial charge in [0.25, 0.3) is 0 Å². The first-order valence-corrected chi connectivity index (χ1v) is 17.7. The Labute approximate surface area is 296 Å². The van der Waals surface area contributed by atoms with Gasteiger partial charge in [-0.15, -0.1) is 11.8 Å². The molecule has 5 aromatic rings. The van der Waals surface area contributed by atoms with E-state index in [2.05, 4.69) is 20.9 Å². The fraction of sp³-hybridized carbons (Fsp3) is 0.256. The quantitative estimate of drug-likeness (QED) is 0.117. The fourth-order valence-electron chi connectivity index (χ4n) is 6.24. The molecule has 0 spiro atoms. The normalized spacial score (nSPS) is 17.2. The van der Waals surface area contributed by atoms with E-state index in [1.54, 1.807) is 18.0 Å². The number of fused-ring (bicyclic) bond motifs is 1. The summed E-state index contributed by atoms with van der Waals surface area (Å²) in [6.45, 7) is 1.56. The molecule has 3 N–H and O–H groups in total. The summed E-state index contributed by atoms with van der Waals surface area (Å²) in [6.07, 6.45) is 2.63. The first kappa shape index (κ1) is 34.5. The summed E-state index contributed by atoms with van der Waals surface area (Å²) in [5.74, 6) is -0.0611. The van der Waals surface area contributed by atoms with Crippen LogP contribution in [0.5, 0.6) is 0 Å². The number of hydrogen-bond donors (Lipinski definition) is 3. The number of aryl methyl sites for hydroxylation is 1. The number of methoxy groups -OCH3 is 1. The van der Waals surface area contributed by atoms with Crippen molar-refractivity contribution in [3.05, 3.63) is 137 Å². The number of alkyl carbamates (subject to hydrolysis) is 1. The Morgan fingerprint density at radius 1 is 0.939 bits per heavy atom. The summed E-state index contributed by atoms with van der Waals surface area (Å²) in [5, 5.41) is 11.2. The van der Waals surface area contributed by atoms with Gasteiger partial charge in [0.1, 0.15) is 6.04 Å². The van der Waals surface area contributed by atoms with Gasteiger partial charge in [0.05, 0.1) is 24.8 Å². The Kier molecular flexibility index (Phi) is 11.8. The lowest BCUT2D eigenvalue weighted by atomic mass is 9.83. The molecule has 4 aromatic carbocycles. The number of anilines is 1. The summed E-state index contributed by atoms with van der Waals surface area (Å²) in [5.41, 5.74) is 4.21. The van der Waals surface area contributed by atoms with Crippen LogP contribution >= 0.6 is 23.4 Å². The number of para-hydroxylation sites is 2. The van der Waals surface area contributed by atoms with E-state index in [1.807, 2.05) is 109 Å². The average molecular weight is 695 g/mol. The SMILES string of the molecule is COC(=O)N[C@H](C(=O)Nc1ccccc1CC[C@@H]1CNC[C@@H](CSc2ccc(Cl)cc2)O1)C(c1ccccc1)c1ccnc2ccccc12. The van der Waals surface area contributed by atoms with Crippen molar-refractivity contribution < 1.29 is 19.1 Å². The van der Waals surface area contributed by atoms with Crippen molar-refractivity contribution in [1.29, 1.82) is 0 Å². The Morgan fingerprint density at radius 3 is 2.49 bits per heavy atom. The molecule has 0 bridgehead atoms. The van der Waals surface area contributed by atoms with E-state index >= 15 is 0 Å². The summed E-state index contributed by atoms with van der Waals surface area (Å²) in [4.78, 5) is 32.8. The second-order valence-electron chi connectivity index (χ2n) is 11.9. The van der Waals surface area contributed by atoms with E-state index in [1.165, 1.54) is 7.11 Å². The molecule has 4 atom stereocenters. The number of carbonyl (C=O) groups is 2. The minimum Gasteiger partial charge on any atom is -0.453 e. The number of nitrogens with zero attached hydrogens (tertiary/aromatic N) is 1. The van der Waals surface area contributed by atoms with Crippen molar-refractivity contribution in [2.24, 2.45) is 0 Å². The van der Waals surface area contributed by atoms with Gasteiger partial charge < -0.3 is 25.4 Å². The highest BCUT2D eigenvalue weighted by molar-refractivity contribution is 7.99. The Hall–Kier alpha value is -4.41. The number of rotatable bonds is 12. The summed E-state index contributed by atoms with van der Waals surface area (Å²) < 4.78 is 11.5. The number of nitrogens with one attached hydrogen (secondary N) is 3. The van der Waals surface area contributed by atoms with Crippen LogP contribution in [-0.2, 0) is 20.7 Å². The van der Waals surface area contributed by atoms with Crippen LogP contribution in [0.15, 0.2) is 120 Å². The third-order valence-electron chi connectivity index (χ3n) is 8.64. The van der Waals surface area contributed by atoms with Gasteiger partial charge in [0, 0.05) is 51.9 Å². The molecule has 1 saturated heterocycles. The van der Waals surface area contributed by atoms with Crippen LogP contribution in [0.2, 0.25) is 5.02 Å². The van der Waals surface area contributed by atoms with Gasteiger partial charge in [-0.2, -0.15) is 0 Å². The monoisotopic (exact) mass is 694 g/mol. The van der Waals surface area contributed by atoms with Crippen molar-refractivity contribution in [2.45, 2.75) is 41.9 Å². The smallest absolute Gasteiger partial charge is 0.407 e. The van der Waals surface area contributed by atoms with E-state index in [-0.39, 0.29) is 18.1 Å². The number of amides is 2. The van der Waals surface area contributed by atoms with Gasteiger partial charge >= 0.3 is 6.09 Å². The molecule has 1 aromatic heterocycles. The zero-order valence-corrected chi connectivity index (χ0v) is 28.8. The van der Waals surface area contributed by atoms with Crippen LogP contribution in [-0.4, -0.2) is 61.2 Å². The molecule has 0 saturated carbocycles. The molecule has 1 aliphatic rings. The topological polar surface area (TPSA) is 102 Å². The molecular weight excluding hydrogens is 656 g/mol. The molecule has 1 fully saturated rings. The number of halogens is 1. The number of ether oxygens (including phenoxy) is 2. The maximum absolute atomic E-state index is 14.4. The van der Waals surface area contributed by atoms with Crippen molar-refractivity contribution in [2.75, 3.05) is 31.3 Å². The predicted octanol–water partition coefficient (Wildman–Crippen LogP) is 7.47. The third-order valence-corrected chi connectivity index (χ3v) is 10.0. The van der Waals surface area contributed by atoms with Crippen molar-refractivity contribution in [3.63, 3.8) is 0 Å². The van der Waals surface area contributed by atoms with Crippen molar-refractivity contribution in [3.8, 4) is 0 Å². The van der Waals surface area contributed by atoms with Crippen molar-refractivity contribution in [1.82, 2.24) is 15.6 Å². The van der Waals surface area contributed by atoms with Gasteiger partial charge in [-0.3, -0.25) is 9.78 Å². The predicted molar refractivity (Wildman–Crippen MR) is 196 cm³/mol. The number of aromatic nitrogens is 1. The van der Waals surface area contributed by atoms with E-state index in [0.29, 0.717) is 12.1 Å². The maximum atomic E-state index is 14.4. The molecular formula is C39H39ClN4O4S. The molecule has 0 radical (unpaired) electrons. The number of morpholine rings is 1. The molecule has 6 rings (SSSR count). The maximum Gasteiger partial charge on any atom is 0.407 e. The van der Waals surface area contributed by atoms with Crippen LogP contribution in [0.3, 0.4) is 0 Å². The van der Waals surface area contributed by atoms with Gasteiger partial charge in [-0.1, -0.05) is 78.3 Å². The zero-order chi connectivity index (χ0) is 34.0. The number of hydrogen-bond acceptors (Lipinski definition) is 7. The Bertz CT molecular complexity index is 1850.